The second kappa shape index (κ2) is 13.2. The number of carboxylic acids is 1. The Balaban J connectivity index is 1.28. The van der Waals surface area contributed by atoms with Gasteiger partial charge in [0.15, 0.2) is 0 Å². The van der Waals surface area contributed by atoms with Gasteiger partial charge >= 0.3 is 30.6 Å². The molecule has 17 heteroatoms. The molecule has 0 aromatic heterocycles. The summed E-state index contributed by atoms with van der Waals surface area (Å²) < 4.78 is 123. The number of nitrogens with zero attached hydrogens (tertiary/aromatic N) is 4. The van der Waals surface area contributed by atoms with Gasteiger partial charge < -0.3 is 19.6 Å². The van der Waals surface area contributed by atoms with Gasteiger partial charge in [0.05, 0.1) is 5.56 Å². The smallest absolute Gasteiger partial charge is 0.434 e. The highest BCUT2D eigenvalue weighted by atomic mass is 19.4. The Morgan fingerprint density at radius 1 is 0.851 bits per heavy atom. The predicted octanol–water partition coefficient (Wildman–Crippen LogP) is 6.28. The van der Waals surface area contributed by atoms with Gasteiger partial charge in [-0.2, -0.15) is 39.5 Å². The second-order valence-electron chi connectivity index (χ2n) is 12.9. The summed E-state index contributed by atoms with van der Waals surface area (Å²) in [7, 11) is 0. The van der Waals surface area contributed by atoms with Gasteiger partial charge in [-0.15, -0.1) is 0 Å². The molecule has 1 spiro atoms. The van der Waals surface area contributed by atoms with Crippen molar-refractivity contribution in [1.82, 2.24) is 14.7 Å². The van der Waals surface area contributed by atoms with E-state index in [1.165, 1.54) is 6.07 Å². The number of carbonyl (C=O) groups excluding carboxylic acids is 1. The zero-order valence-electron chi connectivity index (χ0n) is 25.4. The third-order valence-corrected chi connectivity index (χ3v) is 10.1. The first-order valence-corrected chi connectivity index (χ1v) is 15.7. The highest BCUT2D eigenvalue weighted by Gasteiger charge is 2.60. The molecule has 0 unspecified atom stereocenters. The third-order valence-electron chi connectivity index (χ3n) is 10.1. The van der Waals surface area contributed by atoms with Crippen LogP contribution in [0.2, 0.25) is 0 Å². The largest absolute Gasteiger partial charge is 0.480 e. The first-order chi connectivity index (χ1) is 21.9. The van der Waals surface area contributed by atoms with Crippen molar-refractivity contribution in [2.45, 2.75) is 100 Å². The first-order valence-electron chi connectivity index (χ1n) is 15.7. The van der Waals surface area contributed by atoms with Gasteiger partial charge in [-0.05, 0) is 82.2 Å². The Kier molecular flexibility index (Phi) is 9.90. The molecule has 5 rings (SSSR count). The maximum Gasteiger partial charge on any atom is 0.434 e. The number of anilines is 1. The number of alkyl halides is 9. The number of likely N-dealkylation sites (tertiary alicyclic amines) is 3. The zero-order chi connectivity index (χ0) is 34.4. The number of amides is 1. The summed E-state index contributed by atoms with van der Waals surface area (Å²) in [6.45, 7) is 2.08. The minimum absolute atomic E-state index is 0.00497. The quantitative estimate of drug-likeness (QED) is 0.353. The highest BCUT2D eigenvalue weighted by Crippen LogP contribution is 2.43. The minimum atomic E-state index is -5.82. The zero-order valence-corrected chi connectivity index (χ0v) is 25.4. The molecule has 1 aromatic carbocycles. The van der Waals surface area contributed by atoms with Crippen LogP contribution in [0.4, 0.5) is 50.0 Å². The molecule has 1 atom stereocenters. The van der Waals surface area contributed by atoms with E-state index in [-0.39, 0.29) is 38.5 Å². The normalized spacial score (nSPS) is 23.7. The van der Waals surface area contributed by atoms with E-state index >= 15 is 0 Å². The Morgan fingerprint density at radius 3 is 2.06 bits per heavy atom. The van der Waals surface area contributed by atoms with Gasteiger partial charge in [-0.1, -0.05) is 6.07 Å². The average Bonchev–Trinajstić information content (AvgIpc) is 3.63. The van der Waals surface area contributed by atoms with Crippen LogP contribution in [0.5, 0.6) is 0 Å². The summed E-state index contributed by atoms with van der Waals surface area (Å²) >= 11 is 0. The number of hydrogen-bond acceptors (Lipinski definition) is 6. The lowest BCUT2D eigenvalue weighted by Crippen LogP contribution is -2.54. The van der Waals surface area contributed by atoms with Crippen LogP contribution in [0.1, 0.15) is 62.5 Å². The molecular formula is C30H37F9N4O4. The van der Waals surface area contributed by atoms with Gasteiger partial charge in [0.2, 0.25) is 0 Å². The lowest BCUT2D eigenvalue weighted by Gasteiger charge is -2.45. The van der Waals surface area contributed by atoms with Crippen LogP contribution in [0.3, 0.4) is 0 Å². The van der Waals surface area contributed by atoms with E-state index in [1.807, 2.05) is 9.80 Å². The molecule has 4 aliphatic rings. The molecule has 0 radical (unpaired) electrons. The molecule has 0 aliphatic carbocycles. The SMILES string of the molecule is O=C(O)[C@H]1CCCN1C1CCN(c2cc(C(F)(F)F)ccc2CN2CCCC23CCN(C(=O)OC(C(F)(F)F)C(F)(F)F)CC3)CC1. The molecule has 4 saturated heterocycles. The summed E-state index contributed by atoms with van der Waals surface area (Å²) in [5.74, 6) is -0.876. The molecular weight excluding hydrogens is 651 g/mol. The van der Waals surface area contributed by atoms with Crippen molar-refractivity contribution in [1.29, 1.82) is 0 Å². The lowest BCUT2D eigenvalue weighted by atomic mass is 9.84. The van der Waals surface area contributed by atoms with Crippen LogP contribution >= 0.6 is 0 Å². The van der Waals surface area contributed by atoms with Gasteiger partial charge in [0.25, 0.3) is 6.10 Å². The van der Waals surface area contributed by atoms with Gasteiger partial charge in [-0.3, -0.25) is 14.6 Å². The molecule has 1 N–H and O–H groups in total. The number of carbonyl (C=O) groups is 2. The molecule has 1 aromatic rings. The van der Waals surface area contributed by atoms with E-state index in [0.717, 1.165) is 29.9 Å². The fourth-order valence-corrected chi connectivity index (χ4v) is 7.71. The molecule has 0 bridgehead atoms. The molecule has 264 valence electrons. The summed E-state index contributed by atoms with van der Waals surface area (Å²) in [5.41, 5.74) is -0.285. The van der Waals surface area contributed by atoms with Crippen molar-refractivity contribution in [2.75, 3.05) is 44.2 Å². The minimum Gasteiger partial charge on any atom is -0.480 e. The number of hydrogen-bond donors (Lipinski definition) is 1. The van der Waals surface area contributed by atoms with Crippen molar-refractivity contribution >= 4 is 17.7 Å². The van der Waals surface area contributed by atoms with E-state index in [1.54, 1.807) is 0 Å². The van der Waals surface area contributed by atoms with Gasteiger partial charge in [-0.25, -0.2) is 4.79 Å². The number of aliphatic carboxylic acids is 1. The predicted molar refractivity (Wildman–Crippen MR) is 150 cm³/mol. The van der Waals surface area contributed by atoms with E-state index in [0.29, 0.717) is 63.1 Å². The third kappa shape index (κ3) is 7.70. The first kappa shape index (κ1) is 35.4. The molecule has 4 heterocycles. The number of halogens is 9. The Bertz CT molecular complexity index is 1280. The van der Waals surface area contributed by atoms with Crippen LogP contribution < -0.4 is 4.90 Å². The molecule has 8 nitrogen and oxygen atoms in total. The summed E-state index contributed by atoms with van der Waals surface area (Å²) in [6, 6.07) is 3.03. The molecule has 4 aliphatic heterocycles. The number of carboxylic acid groups (broad SMARTS) is 1. The highest BCUT2D eigenvalue weighted by molar-refractivity contribution is 5.74. The maximum atomic E-state index is 13.8. The van der Waals surface area contributed by atoms with Gasteiger partial charge in [0.1, 0.15) is 6.04 Å². The van der Waals surface area contributed by atoms with E-state index in [2.05, 4.69) is 9.64 Å². The van der Waals surface area contributed by atoms with Crippen molar-refractivity contribution in [3.8, 4) is 0 Å². The van der Waals surface area contributed by atoms with Gasteiger partial charge in [0, 0.05) is 50.0 Å². The van der Waals surface area contributed by atoms with Crippen LogP contribution in [0.15, 0.2) is 18.2 Å². The van der Waals surface area contributed by atoms with Crippen molar-refractivity contribution < 1.29 is 58.9 Å². The van der Waals surface area contributed by atoms with E-state index in [4.69, 9.17) is 0 Å². The van der Waals surface area contributed by atoms with E-state index in [9.17, 15) is 54.2 Å². The van der Waals surface area contributed by atoms with Crippen molar-refractivity contribution in [3.63, 3.8) is 0 Å². The summed E-state index contributed by atoms with van der Waals surface area (Å²) in [4.78, 5) is 30.8. The molecule has 47 heavy (non-hydrogen) atoms. The van der Waals surface area contributed by atoms with Crippen molar-refractivity contribution in [2.24, 2.45) is 0 Å². The summed E-state index contributed by atoms with van der Waals surface area (Å²) in [6.07, 6.45) is -17.8. The average molecular weight is 689 g/mol. The number of rotatable bonds is 6. The molecule has 1 amide bonds. The Morgan fingerprint density at radius 2 is 1.49 bits per heavy atom. The second-order valence-corrected chi connectivity index (χ2v) is 12.9. The number of ether oxygens (including phenoxy) is 1. The lowest BCUT2D eigenvalue weighted by molar-refractivity contribution is -0.308. The standard InChI is InChI=1S/C30H37F9N4O4/c31-28(32,33)20-5-4-19(23(17-20)40-13-6-21(7-14-40)43-12-1-3-22(43)24(44)45)18-42-11-2-8-27(42)9-15-41(16-10-27)26(46)47-25(29(34,35)36)30(37,38)39/h4-5,17,21-22,25H,1-3,6-16,18H2,(H,44,45)/t22-/m1/s1. The van der Waals surface area contributed by atoms with Crippen LogP contribution in [-0.4, -0.2) is 107 Å². The topological polar surface area (TPSA) is 76.6 Å². The van der Waals surface area contributed by atoms with Crippen LogP contribution in [0.25, 0.3) is 0 Å². The van der Waals surface area contributed by atoms with Crippen LogP contribution in [0, 0.1) is 0 Å². The molecule has 4 fully saturated rings. The van der Waals surface area contributed by atoms with Crippen molar-refractivity contribution in [3.05, 3.63) is 29.3 Å². The maximum absolute atomic E-state index is 13.8. The fourth-order valence-electron chi connectivity index (χ4n) is 7.71. The summed E-state index contributed by atoms with van der Waals surface area (Å²) in [5, 5.41) is 9.59. The Labute approximate surface area is 265 Å². The van der Waals surface area contributed by atoms with E-state index < -0.39 is 53.8 Å². The number of piperidine rings is 2. The van der Waals surface area contributed by atoms with Crippen LogP contribution in [-0.2, 0) is 22.3 Å². The monoisotopic (exact) mass is 688 g/mol. The molecule has 0 saturated carbocycles. The fraction of sp³-hybridized carbons (Fsp3) is 0.733. The Hall–Kier alpha value is -2.95. The number of benzene rings is 1.